The molecule has 0 fully saturated rings. The van der Waals surface area contributed by atoms with E-state index >= 15 is 0 Å². The number of nitrogens with zero attached hydrogens (tertiary/aromatic N) is 2. The lowest BCUT2D eigenvalue weighted by Crippen LogP contribution is -2.36. The topological polar surface area (TPSA) is 115 Å². The van der Waals surface area contributed by atoms with Crippen molar-refractivity contribution in [2.45, 2.75) is 92.7 Å². The van der Waals surface area contributed by atoms with Crippen LogP contribution < -0.4 is 10.9 Å². The number of carbonyl (C=O) groups excluding carboxylic acids is 2. The van der Waals surface area contributed by atoms with Crippen LogP contribution in [-0.4, -0.2) is 46.8 Å². The highest BCUT2D eigenvalue weighted by Crippen LogP contribution is 2.42. The first-order valence-electron chi connectivity index (χ1n) is 17.0. The highest BCUT2D eigenvalue weighted by Gasteiger charge is 2.29. The Morgan fingerprint density at radius 3 is 2.50 bits per heavy atom. The second-order valence-electron chi connectivity index (χ2n) is 13.4. The van der Waals surface area contributed by atoms with Crippen molar-refractivity contribution in [3.05, 3.63) is 71.5 Å². The standard InChI is InChI=1S/C39H52N4O5/c1-8-43-36-17-16-30(31-20-29(21-32(46)22-31)14-11-9-10-12-19-41-42-27(3)44)23-34(36)35(24-39(5,6)25-48-28(4)45)38(43)33-15-13-18-40-37(33)26(2)47-7/h13,15-18,20-23,26,41,46H,8-12,14,19,24-25H2,1-7H3,(H,42,44). The number of ether oxygens (including phenoxy) is 2. The maximum absolute atomic E-state index is 11.8. The van der Waals surface area contributed by atoms with Crippen molar-refractivity contribution in [3.63, 3.8) is 0 Å². The molecule has 4 aromatic rings. The Labute approximate surface area is 285 Å². The number of phenols is 1. The van der Waals surface area contributed by atoms with Crippen LogP contribution in [0.4, 0.5) is 0 Å². The number of hydrogen-bond donors (Lipinski definition) is 3. The number of phenolic OH excluding ortho intramolecular Hbond substituents is 1. The lowest BCUT2D eigenvalue weighted by atomic mass is 9.84. The first-order chi connectivity index (χ1) is 22.9. The third kappa shape index (κ3) is 9.45. The Bertz CT molecular complexity index is 1710. The van der Waals surface area contributed by atoms with Crippen LogP contribution in [0.2, 0.25) is 0 Å². The second kappa shape index (κ2) is 16.8. The van der Waals surface area contributed by atoms with E-state index < -0.39 is 0 Å². The van der Waals surface area contributed by atoms with E-state index in [4.69, 9.17) is 14.5 Å². The average molecular weight is 657 g/mol. The summed E-state index contributed by atoms with van der Waals surface area (Å²) in [6, 6.07) is 16.5. The molecule has 1 atom stereocenters. The van der Waals surface area contributed by atoms with Crippen molar-refractivity contribution in [3.8, 4) is 28.1 Å². The van der Waals surface area contributed by atoms with Gasteiger partial charge < -0.3 is 19.1 Å². The van der Waals surface area contributed by atoms with E-state index in [1.54, 1.807) is 13.3 Å². The minimum absolute atomic E-state index is 0.0871. The van der Waals surface area contributed by atoms with E-state index in [-0.39, 0.29) is 29.1 Å². The van der Waals surface area contributed by atoms with E-state index in [0.717, 1.165) is 95.3 Å². The molecular weight excluding hydrogens is 604 g/mol. The zero-order valence-electron chi connectivity index (χ0n) is 29.6. The molecule has 2 heterocycles. The number of unbranched alkanes of at least 4 members (excludes halogenated alkanes) is 3. The molecule has 1 amide bonds. The molecule has 258 valence electrons. The average Bonchev–Trinajstić information content (AvgIpc) is 3.35. The van der Waals surface area contributed by atoms with Gasteiger partial charge in [-0.15, -0.1) is 0 Å². The van der Waals surface area contributed by atoms with Gasteiger partial charge in [-0.05, 0) is 98.2 Å². The second-order valence-corrected chi connectivity index (χ2v) is 13.4. The van der Waals surface area contributed by atoms with Crippen molar-refractivity contribution >= 4 is 22.8 Å². The number of hydrogen-bond acceptors (Lipinski definition) is 7. The quantitative estimate of drug-likeness (QED) is 0.0607. The van der Waals surface area contributed by atoms with Crippen LogP contribution in [0.3, 0.4) is 0 Å². The van der Waals surface area contributed by atoms with E-state index in [1.165, 1.54) is 13.8 Å². The number of nitrogens with one attached hydrogen (secondary N) is 2. The number of carbonyl (C=O) groups is 2. The van der Waals surface area contributed by atoms with Gasteiger partial charge in [0, 0.05) is 62.1 Å². The van der Waals surface area contributed by atoms with E-state index in [1.807, 2.05) is 25.1 Å². The molecule has 1 unspecified atom stereocenters. The molecule has 0 saturated carbocycles. The molecule has 0 saturated heterocycles. The Hall–Kier alpha value is -4.21. The number of esters is 1. The Morgan fingerprint density at radius 1 is 1.02 bits per heavy atom. The van der Waals surface area contributed by atoms with Crippen molar-refractivity contribution < 1.29 is 24.2 Å². The third-order valence-corrected chi connectivity index (χ3v) is 8.73. The first-order valence-corrected chi connectivity index (χ1v) is 17.0. The number of rotatable bonds is 17. The van der Waals surface area contributed by atoms with Crippen LogP contribution in [0.25, 0.3) is 33.3 Å². The monoisotopic (exact) mass is 656 g/mol. The molecule has 0 radical (unpaired) electrons. The Kier molecular flexibility index (Phi) is 12.8. The molecular formula is C39H52N4O5. The molecule has 4 rings (SSSR count). The zero-order chi connectivity index (χ0) is 34.8. The van der Waals surface area contributed by atoms with Gasteiger partial charge in [-0.25, -0.2) is 5.43 Å². The van der Waals surface area contributed by atoms with E-state index in [2.05, 4.69) is 66.5 Å². The minimum atomic E-state index is -0.337. The van der Waals surface area contributed by atoms with Gasteiger partial charge in [-0.2, -0.15) is 0 Å². The Morgan fingerprint density at radius 2 is 1.79 bits per heavy atom. The van der Waals surface area contributed by atoms with Gasteiger partial charge in [0.05, 0.1) is 24.1 Å². The largest absolute Gasteiger partial charge is 0.508 e. The summed E-state index contributed by atoms with van der Waals surface area (Å²) in [5, 5.41) is 11.9. The van der Waals surface area contributed by atoms with Crippen LogP contribution in [0.15, 0.2) is 54.7 Å². The fraction of sp³-hybridized carbons (Fsp3) is 0.462. The number of aromatic hydroxyl groups is 1. The number of aromatic nitrogens is 2. The summed E-state index contributed by atoms with van der Waals surface area (Å²) < 4.78 is 13.6. The molecule has 9 heteroatoms. The maximum atomic E-state index is 11.8. The number of amides is 1. The number of hydrazine groups is 1. The number of aryl methyl sites for hydroxylation is 2. The van der Waals surface area contributed by atoms with Crippen molar-refractivity contribution in [1.29, 1.82) is 0 Å². The van der Waals surface area contributed by atoms with Crippen LogP contribution in [0.1, 0.15) is 90.2 Å². The number of pyridine rings is 1. The molecule has 0 bridgehead atoms. The summed E-state index contributed by atoms with van der Waals surface area (Å²) in [6.45, 7) is 13.2. The summed E-state index contributed by atoms with van der Waals surface area (Å²) in [7, 11) is 1.70. The predicted octanol–water partition coefficient (Wildman–Crippen LogP) is 7.68. The summed E-state index contributed by atoms with van der Waals surface area (Å²) in [5.41, 5.74) is 13.6. The van der Waals surface area contributed by atoms with Gasteiger partial charge in [0.1, 0.15) is 5.75 Å². The smallest absolute Gasteiger partial charge is 0.302 e. The highest BCUT2D eigenvalue weighted by atomic mass is 16.5. The lowest BCUT2D eigenvalue weighted by molar-refractivity contribution is -0.144. The third-order valence-electron chi connectivity index (χ3n) is 8.73. The van der Waals surface area contributed by atoms with Crippen molar-refractivity contribution in [2.24, 2.45) is 5.41 Å². The molecule has 0 aliphatic heterocycles. The van der Waals surface area contributed by atoms with Crippen LogP contribution in [0, 0.1) is 5.41 Å². The van der Waals surface area contributed by atoms with Crippen molar-refractivity contribution in [2.75, 3.05) is 20.3 Å². The molecule has 9 nitrogen and oxygen atoms in total. The molecule has 0 spiro atoms. The number of benzene rings is 2. The lowest BCUT2D eigenvalue weighted by Gasteiger charge is -2.25. The SMILES string of the molecule is CCn1c(-c2cccnc2C(C)OC)c(CC(C)(C)COC(C)=O)c2cc(-c3cc(O)cc(CCCCCCNNC(C)=O)c3)ccc21. The predicted molar refractivity (Wildman–Crippen MR) is 191 cm³/mol. The Balaban J connectivity index is 1.73. The summed E-state index contributed by atoms with van der Waals surface area (Å²) >= 11 is 0. The number of fused-ring (bicyclic) bond motifs is 1. The van der Waals surface area contributed by atoms with Gasteiger partial charge >= 0.3 is 5.97 Å². The fourth-order valence-corrected chi connectivity index (χ4v) is 6.37. The summed E-state index contributed by atoms with van der Waals surface area (Å²) in [4.78, 5) is 27.5. The highest BCUT2D eigenvalue weighted by molar-refractivity contribution is 5.95. The molecule has 0 aliphatic carbocycles. The molecule has 0 aliphatic rings. The normalized spacial score (nSPS) is 12.3. The first kappa shape index (κ1) is 36.6. The van der Waals surface area contributed by atoms with Gasteiger partial charge in [0.2, 0.25) is 5.91 Å². The van der Waals surface area contributed by atoms with Crippen LogP contribution in [0.5, 0.6) is 5.75 Å². The molecule has 3 N–H and O–H groups in total. The van der Waals surface area contributed by atoms with Gasteiger partial charge in [-0.3, -0.25) is 20.0 Å². The van der Waals surface area contributed by atoms with E-state index in [9.17, 15) is 14.7 Å². The van der Waals surface area contributed by atoms with Crippen LogP contribution >= 0.6 is 0 Å². The molecule has 48 heavy (non-hydrogen) atoms. The maximum Gasteiger partial charge on any atom is 0.302 e. The molecule has 2 aromatic heterocycles. The summed E-state index contributed by atoms with van der Waals surface area (Å²) in [6.07, 6.45) is 7.27. The van der Waals surface area contributed by atoms with Crippen LogP contribution in [-0.2, 0) is 38.4 Å². The van der Waals surface area contributed by atoms with Gasteiger partial charge in [-0.1, -0.05) is 38.8 Å². The van der Waals surface area contributed by atoms with E-state index in [0.29, 0.717) is 13.0 Å². The minimum Gasteiger partial charge on any atom is -0.508 e. The van der Waals surface area contributed by atoms with Gasteiger partial charge in [0.25, 0.3) is 0 Å². The van der Waals surface area contributed by atoms with Crippen molar-refractivity contribution in [1.82, 2.24) is 20.4 Å². The summed E-state index contributed by atoms with van der Waals surface area (Å²) in [5.74, 6) is -0.121. The molecule has 2 aromatic carbocycles. The zero-order valence-corrected chi connectivity index (χ0v) is 29.6. The van der Waals surface area contributed by atoms with Gasteiger partial charge in [0.15, 0.2) is 0 Å². The fourth-order valence-electron chi connectivity index (χ4n) is 6.37. The number of methoxy groups -OCH3 is 1.